The van der Waals surface area contributed by atoms with Crippen molar-refractivity contribution in [3.05, 3.63) is 47.7 Å². The molecule has 2 aromatic rings. The van der Waals surface area contributed by atoms with E-state index in [2.05, 4.69) is 4.98 Å². The molecule has 0 bridgehead atoms. The fourth-order valence-electron chi connectivity index (χ4n) is 2.07. The topological polar surface area (TPSA) is 42.4 Å². The van der Waals surface area contributed by atoms with E-state index < -0.39 is 0 Å². The van der Waals surface area contributed by atoms with Crippen LogP contribution in [0.4, 0.5) is 0 Å². The molecule has 0 spiro atoms. The molecule has 0 N–H and O–H groups in total. The van der Waals surface area contributed by atoms with Crippen molar-refractivity contribution < 1.29 is 9.53 Å². The van der Waals surface area contributed by atoms with E-state index in [9.17, 15) is 4.79 Å². The molecule has 1 aromatic carbocycles. The highest BCUT2D eigenvalue weighted by atomic mass is 16.5. The van der Waals surface area contributed by atoms with Crippen molar-refractivity contribution in [1.82, 2.24) is 9.88 Å². The van der Waals surface area contributed by atoms with Crippen LogP contribution in [0.3, 0.4) is 0 Å². The van der Waals surface area contributed by atoms with Crippen LogP contribution in [-0.4, -0.2) is 37.0 Å². The fourth-order valence-corrected chi connectivity index (χ4v) is 2.07. The number of aromatic nitrogens is 1. The van der Waals surface area contributed by atoms with Gasteiger partial charge in [-0.2, -0.15) is 0 Å². The van der Waals surface area contributed by atoms with Crippen LogP contribution in [0.1, 0.15) is 15.9 Å². The normalized spacial score (nSPS) is 10.2. The van der Waals surface area contributed by atoms with E-state index >= 15 is 0 Å². The number of aryl methyl sites for hydroxylation is 1. The van der Waals surface area contributed by atoms with Gasteiger partial charge in [0.15, 0.2) is 0 Å². The quantitative estimate of drug-likeness (QED) is 0.861. The SMILES string of the molecule is COc1ccc(-c2ncccc2C(=O)N(C)C)cc1C. The summed E-state index contributed by atoms with van der Waals surface area (Å²) in [6.45, 7) is 1.97. The summed E-state index contributed by atoms with van der Waals surface area (Å²) >= 11 is 0. The zero-order valence-electron chi connectivity index (χ0n) is 12.2. The second-order valence-corrected chi connectivity index (χ2v) is 4.78. The maximum Gasteiger partial charge on any atom is 0.255 e. The van der Waals surface area contributed by atoms with Gasteiger partial charge in [-0.05, 0) is 42.8 Å². The average Bonchev–Trinajstić information content (AvgIpc) is 2.46. The van der Waals surface area contributed by atoms with E-state index in [1.165, 1.54) is 0 Å². The van der Waals surface area contributed by atoms with Gasteiger partial charge in [-0.25, -0.2) is 0 Å². The van der Waals surface area contributed by atoms with Crippen molar-refractivity contribution >= 4 is 5.91 Å². The molecule has 0 unspecified atom stereocenters. The summed E-state index contributed by atoms with van der Waals surface area (Å²) in [5.41, 5.74) is 3.21. The van der Waals surface area contributed by atoms with Gasteiger partial charge >= 0.3 is 0 Å². The number of hydrogen-bond acceptors (Lipinski definition) is 3. The average molecular weight is 270 g/mol. The van der Waals surface area contributed by atoms with E-state index in [-0.39, 0.29) is 5.91 Å². The van der Waals surface area contributed by atoms with Gasteiger partial charge in [0, 0.05) is 25.9 Å². The molecule has 20 heavy (non-hydrogen) atoms. The highest BCUT2D eigenvalue weighted by Crippen LogP contribution is 2.27. The number of carbonyl (C=O) groups is 1. The van der Waals surface area contributed by atoms with Crippen molar-refractivity contribution in [2.75, 3.05) is 21.2 Å². The molecular weight excluding hydrogens is 252 g/mol. The van der Waals surface area contributed by atoms with Crippen LogP contribution in [0.25, 0.3) is 11.3 Å². The van der Waals surface area contributed by atoms with Gasteiger partial charge in [0.1, 0.15) is 5.75 Å². The highest BCUT2D eigenvalue weighted by molar-refractivity contribution is 5.99. The zero-order chi connectivity index (χ0) is 14.7. The number of ether oxygens (including phenoxy) is 1. The van der Waals surface area contributed by atoms with E-state index in [0.29, 0.717) is 11.3 Å². The summed E-state index contributed by atoms with van der Waals surface area (Å²) < 4.78 is 5.26. The number of pyridine rings is 1. The predicted octanol–water partition coefficient (Wildman–Crippen LogP) is 2.77. The molecule has 0 aliphatic heterocycles. The van der Waals surface area contributed by atoms with Gasteiger partial charge in [-0.3, -0.25) is 9.78 Å². The number of nitrogens with zero attached hydrogens (tertiary/aromatic N) is 2. The Morgan fingerprint density at radius 1 is 1.25 bits per heavy atom. The molecule has 0 saturated heterocycles. The van der Waals surface area contributed by atoms with Crippen molar-refractivity contribution in [1.29, 1.82) is 0 Å². The van der Waals surface area contributed by atoms with Crippen LogP contribution in [0, 0.1) is 6.92 Å². The third-order valence-electron chi connectivity index (χ3n) is 3.11. The summed E-state index contributed by atoms with van der Waals surface area (Å²) in [6.07, 6.45) is 1.70. The lowest BCUT2D eigenvalue weighted by atomic mass is 10.0. The lowest BCUT2D eigenvalue weighted by molar-refractivity contribution is 0.0828. The molecule has 0 saturated carbocycles. The Balaban J connectivity index is 2.53. The first kappa shape index (κ1) is 14.1. The second-order valence-electron chi connectivity index (χ2n) is 4.78. The molecule has 1 amide bonds. The first-order valence-electron chi connectivity index (χ1n) is 6.36. The summed E-state index contributed by atoms with van der Waals surface area (Å²) in [7, 11) is 5.11. The molecule has 0 atom stereocenters. The van der Waals surface area contributed by atoms with Gasteiger partial charge in [-0.15, -0.1) is 0 Å². The van der Waals surface area contributed by atoms with E-state index in [0.717, 1.165) is 16.9 Å². The Morgan fingerprint density at radius 2 is 2.00 bits per heavy atom. The monoisotopic (exact) mass is 270 g/mol. The van der Waals surface area contributed by atoms with Gasteiger partial charge < -0.3 is 9.64 Å². The van der Waals surface area contributed by atoms with Crippen molar-refractivity contribution in [2.45, 2.75) is 6.92 Å². The minimum Gasteiger partial charge on any atom is -0.496 e. The Morgan fingerprint density at radius 3 is 2.60 bits per heavy atom. The molecular formula is C16H18N2O2. The van der Waals surface area contributed by atoms with E-state index in [1.54, 1.807) is 44.4 Å². The van der Waals surface area contributed by atoms with E-state index in [1.807, 2.05) is 25.1 Å². The van der Waals surface area contributed by atoms with Gasteiger partial charge in [0.2, 0.25) is 0 Å². The molecule has 0 aliphatic carbocycles. The molecule has 104 valence electrons. The highest BCUT2D eigenvalue weighted by Gasteiger charge is 2.15. The summed E-state index contributed by atoms with van der Waals surface area (Å²) in [6, 6.07) is 9.36. The minimum absolute atomic E-state index is 0.0541. The van der Waals surface area contributed by atoms with Crippen molar-refractivity contribution in [3.8, 4) is 17.0 Å². The molecule has 0 radical (unpaired) electrons. The number of methoxy groups -OCH3 is 1. The fraction of sp³-hybridized carbons (Fsp3) is 0.250. The maximum absolute atomic E-state index is 12.2. The number of rotatable bonds is 3. The van der Waals surface area contributed by atoms with Gasteiger partial charge in [0.25, 0.3) is 5.91 Å². The minimum atomic E-state index is -0.0541. The number of benzene rings is 1. The standard InChI is InChI=1S/C16H18N2O2/c1-11-10-12(7-8-14(11)20-4)15-13(6-5-9-17-15)16(19)18(2)3/h5-10H,1-4H3. The zero-order valence-corrected chi connectivity index (χ0v) is 12.2. The predicted molar refractivity (Wildman–Crippen MR) is 79.0 cm³/mol. The van der Waals surface area contributed by atoms with Crippen LogP contribution in [0.2, 0.25) is 0 Å². The van der Waals surface area contributed by atoms with Crippen LogP contribution >= 0.6 is 0 Å². The van der Waals surface area contributed by atoms with Gasteiger partial charge in [0.05, 0.1) is 18.4 Å². The van der Waals surface area contributed by atoms with Crippen LogP contribution < -0.4 is 4.74 Å². The Hall–Kier alpha value is -2.36. The number of hydrogen-bond donors (Lipinski definition) is 0. The molecule has 0 fully saturated rings. The number of amides is 1. The Kier molecular flexibility index (Phi) is 4.03. The van der Waals surface area contributed by atoms with Crippen LogP contribution in [0.15, 0.2) is 36.5 Å². The Bertz CT molecular complexity index is 636. The Labute approximate surface area is 119 Å². The van der Waals surface area contributed by atoms with Crippen molar-refractivity contribution in [3.63, 3.8) is 0 Å². The maximum atomic E-state index is 12.2. The third kappa shape index (κ3) is 2.64. The first-order valence-corrected chi connectivity index (χ1v) is 6.36. The van der Waals surface area contributed by atoms with E-state index in [4.69, 9.17) is 4.74 Å². The smallest absolute Gasteiger partial charge is 0.255 e. The third-order valence-corrected chi connectivity index (χ3v) is 3.11. The summed E-state index contributed by atoms with van der Waals surface area (Å²) in [4.78, 5) is 18.1. The van der Waals surface area contributed by atoms with Crippen molar-refractivity contribution in [2.24, 2.45) is 0 Å². The van der Waals surface area contributed by atoms with Crippen LogP contribution in [0.5, 0.6) is 5.75 Å². The lowest BCUT2D eigenvalue weighted by Gasteiger charge is -2.14. The lowest BCUT2D eigenvalue weighted by Crippen LogP contribution is -2.22. The first-order chi connectivity index (χ1) is 9.54. The number of carbonyl (C=O) groups excluding carboxylic acids is 1. The van der Waals surface area contributed by atoms with Gasteiger partial charge in [-0.1, -0.05) is 0 Å². The molecule has 4 heteroatoms. The molecule has 1 aromatic heterocycles. The van der Waals surface area contributed by atoms with Crippen LogP contribution in [-0.2, 0) is 0 Å². The molecule has 1 heterocycles. The molecule has 0 aliphatic rings. The summed E-state index contributed by atoms with van der Waals surface area (Å²) in [5.74, 6) is 0.770. The molecule has 2 rings (SSSR count). The molecule has 4 nitrogen and oxygen atoms in total. The summed E-state index contributed by atoms with van der Waals surface area (Å²) in [5, 5.41) is 0. The largest absolute Gasteiger partial charge is 0.496 e. The second kappa shape index (κ2) is 5.74.